The summed E-state index contributed by atoms with van der Waals surface area (Å²) in [6.07, 6.45) is 2.80. The van der Waals surface area contributed by atoms with Gasteiger partial charge < -0.3 is 5.73 Å². The second-order valence-electron chi connectivity index (χ2n) is 2.79. The molecule has 5 heteroatoms. The zero-order chi connectivity index (χ0) is 9.97. The van der Waals surface area contributed by atoms with E-state index in [4.69, 9.17) is 5.73 Å². The molecule has 0 fully saturated rings. The number of rotatable bonds is 3. The van der Waals surface area contributed by atoms with Gasteiger partial charge in [-0.15, -0.1) is 22.7 Å². The van der Waals surface area contributed by atoms with Crippen LogP contribution in [-0.4, -0.2) is 11.5 Å². The fraction of sp³-hybridized carbons (Fsp3) is 0.222. The Morgan fingerprint density at radius 3 is 2.93 bits per heavy atom. The van der Waals surface area contributed by atoms with Crippen molar-refractivity contribution in [3.05, 3.63) is 27.1 Å². The van der Waals surface area contributed by atoms with Crippen molar-refractivity contribution in [1.29, 1.82) is 0 Å². The van der Waals surface area contributed by atoms with E-state index >= 15 is 0 Å². The number of hydrogen-bond donors (Lipinski definition) is 1. The Balaban J connectivity index is 2.24. The third-order valence-corrected chi connectivity index (χ3v) is 4.67. The number of halogens is 1. The molecule has 2 aromatic rings. The maximum atomic E-state index is 5.47. The molecule has 0 unspecified atom stereocenters. The van der Waals surface area contributed by atoms with E-state index < -0.39 is 0 Å². The topological polar surface area (TPSA) is 38.9 Å². The van der Waals surface area contributed by atoms with E-state index in [0.29, 0.717) is 6.54 Å². The van der Waals surface area contributed by atoms with Crippen LogP contribution in [0.3, 0.4) is 0 Å². The van der Waals surface area contributed by atoms with Crippen LogP contribution in [0.15, 0.2) is 22.1 Å². The molecule has 0 radical (unpaired) electrons. The third kappa shape index (κ3) is 2.23. The molecule has 2 aromatic heterocycles. The van der Waals surface area contributed by atoms with Gasteiger partial charge in [0.15, 0.2) is 0 Å². The predicted molar refractivity (Wildman–Crippen MR) is 65.9 cm³/mol. The first kappa shape index (κ1) is 10.3. The molecular weight excluding hydrogens is 280 g/mol. The third-order valence-electron chi connectivity index (χ3n) is 1.72. The lowest BCUT2D eigenvalue weighted by atomic mass is 10.4. The number of thiazole rings is 1. The van der Waals surface area contributed by atoms with E-state index in [1.807, 2.05) is 6.20 Å². The Morgan fingerprint density at radius 1 is 1.43 bits per heavy atom. The summed E-state index contributed by atoms with van der Waals surface area (Å²) in [5.74, 6) is 0. The summed E-state index contributed by atoms with van der Waals surface area (Å²) in [5.41, 5.74) is 5.47. The molecule has 0 aliphatic heterocycles. The zero-order valence-electron chi connectivity index (χ0n) is 7.37. The lowest BCUT2D eigenvalue weighted by Gasteiger charge is -1.88. The summed E-state index contributed by atoms with van der Waals surface area (Å²) in [6, 6.07) is 2.12. The Morgan fingerprint density at radius 2 is 2.29 bits per heavy atom. The number of nitrogens with zero attached hydrogens (tertiary/aromatic N) is 1. The fourth-order valence-corrected chi connectivity index (χ4v) is 3.55. The van der Waals surface area contributed by atoms with Gasteiger partial charge in [0.2, 0.25) is 0 Å². The first-order valence-corrected chi connectivity index (χ1v) is 6.67. The van der Waals surface area contributed by atoms with E-state index in [2.05, 4.69) is 32.4 Å². The Kier molecular flexibility index (Phi) is 3.33. The highest BCUT2D eigenvalue weighted by atomic mass is 79.9. The van der Waals surface area contributed by atoms with E-state index in [9.17, 15) is 0 Å². The van der Waals surface area contributed by atoms with Gasteiger partial charge in [0, 0.05) is 27.3 Å². The van der Waals surface area contributed by atoms with Crippen molar-refractivity contribution in [2.75, 3.05) is 6.54 Å². The molecule has 2 rings (SSSR count). The summed E-state index contributed by atoms with van der Waals surface area (Å²) in [4.78, 5) is 6.81. The summed E-state index contributed by atoms with van der Waals surface area (Å²) < 4.78 is 1.13. The first-order chi connectivity index (χ1) is 6.79. The second kappa shape index (κ2) is 4.53. The number of aromatic nitrogens is 1. The highest BCUT2D eigenvalue weighted by molar-refractivity contribution is 9.10. The van der Waals surface area contributed by atoms with Crippen molar-refractivity contribution in [1.82, 2.24) is 4.98 Å². The molecule has 0 atom stereocenters. The average molecular weight is 289 g/mol. The van der Waals surface area contributed by atoms with Gasteiger partial charge in [-0.2, -0.15) is 0 Å². The summed E-state index contributed by atoms with van der Waals surface area (Å²) in [6.45, 7) is 0.668. The highest BCUT2D eigenvalue weighted by Crippen LogP contribution is 2.33. The van der Waals surface area contributed by atoms with Crippen molar-refractivity contribution in [2.45, 2.75) is 6.42 Å². The minimum Gasteiger partial charge on any atom is -0.330 e. The van der Waals surface area contributed by atoms with Crippen LogP contribution in [0.2, 0.25) is 0 Å². The van der Waals surface area contributed by atoms with Crippen molar-refractivity contribution in [3.8, 4) is 9.75 Å². The summed E-state index contributed by atoms with van der Waals surface area (Å²) >= 11 is 6.89. The monoisotopic (exact) mass is 288 g/mol. The van der Waals surface area contributed by atoms with E-state index in [0.717, 1.165) is 15.9 Å². The van der Waals surface area contributed by atoms with Crippen molar-refractivity contribution in [2.24, 2.45) is 5.73 Å². The van der Waals surface area contributed by atoms with Gasteiger partial charge in [-0.3, -0.25) is 0 Å². The molecule has 2 heterocycles. The molecule has 74 valence electrons. The molecule has 0 aliphatic carbocycles. The molecule has 0 aliphatic rings. The quantitative estimate of drug-likeness (QED) is 0.942. The Hall–Kier alpha value is -0.230. The normalized spacial score (nSPS) is 10.7. The van der Waals surface area contributed by atoms with Gasteiger partial charge >= 0.3 is 0 Å². The van der Waals surface area contributed by atoms with Crippen LogP contribution in [0.25, 0.3) is 9.75 Å². The molecule has 0 saturated heterocycles. The van der Waals surface area contributed by atoms with Gasteiger partial charge in [0.05, 0.1) is 9.88 Å². The largest absolute Gasteiger partial charge is 0.330 e. The number of nitrogens with two attached hydrogens (primary N) is 1. The van der Waals surface area contributed by atoms with Crippen LogP contribution in [-0.2, 0) is 6.42 Å². The van der Waals surface area contributed by atoms with E-state index in [1.54, 1.807) is 22.7 Å². The smallest absolute Gasteiger partial charge is 0.0944 e. The standard InChI is InChI=1S/C9H9BrN2S2/c10-6-3-7(13-5-6)8-4-12-9(14-8)1-2-11/h3-5H,1-2,11H2. The zero-order valence-corrected chi connectivity index (χ0v) is 10.6. The molecule has 0 aromatic carbocycles. The van der Waals surface area contributed by atoms with Crippen molar-refractivity contribution in [3.63, 3.8) is 0 Å². The van der Waals surface area contributed by atoms with Crippen LogP contribution < -0.4 is 5.73 Å². The van der Waals surface area contributed by atoms with Crippen LogP contribution in [0.5, 0.6) is 0 Å². The minimum atomic E-state index is 0.668. The molecule has 2 N–H and O–H groups in total. The van der Waals surface area contributed by atoms with Gasteiger partial charge in [-0.05, 0) is 28.5 Å². The van der Waals surface area contributed by atoms with Gasteiger partial charge in [-0.1, -0.05) is 0 Å². The van der Waals surface area contributed by atoms with Gasteiger partial charge in [0.25, 0.3) is 0 Å². The minimum absolute atomic E-state index is 0.668. The molecule has 0 amide bonds. The Labute approximate surface area is 98.9 Å². The first-order valence-electron chi connectivity index (χ1n) is 4.19. The SMILES string of the molecule is NCCc1ncc(-c2cc(Br)cs2)s1. The summed E-state index contributed by atoms with van der Waals surface area (Å²) in [7, 11) is 0. The van der Waals surface area contributed by atoms with Gasteiger partial charge in [0.1, 0.15) is 0 Å². The maximum Gasteiger partial charge on any atom is 0.0944 e. The molecule has 0 saturated carbocycles. The average Bonchev–Trinajstić information content (AvgIpc) is 2.74. The van der Waals surface area contributed by atoms with Crippen LogP contribution in [0, 0.1) is 0 Å². The summed E-state index contributed by atoms with van der Waals surface area (Å²) in [5, 5.41) is 3.20. The lowest BCUT2D eigenvalue weighted by Crippen LogP contribution is -2.01. The van der Waals surface area contributed by atoms with Crippen LogP contribution in [0.4, 0.5) is 0 Å². The fourth-order valence-electron chi connectivity index (χ4n) is 1.11. The number of hydrogen-bond acceptors (Lipinski definition) is 4. The predicted octanol–water partition coefficient (Wildman–Crippen LogP) is 3.14. The molecule has 2 nitrogen and oxygen atoms in total. The lowest BCUT2D eigenvalue weighted by molar-refractivity contribution is 0.953. The van der Waals surface area contributed by atoms with Crippen molar-refractivity contribution >= 4 is 38.6 Å². The second-order valence-corrected chi connectivity index (χ2v) is 5.73. The van der Waals surface area contributed by atoms with Crippen LogP contribution >= 0.6 is 38.6 Å². The van der Waals surface area contributed by atoms with E-state index in [-0.39, 0.29) is 0 Å². The highest BCUT2D eigenvalue weighted by Gasteiger charge is 2.05. The number of thiophene rings is 1. The molecule has 0 spiro atoms. The maximum absolute atomic E-state index is 5.47. The van der Waals surface area contributed by atoms with Crippen molar-refractivity contribution < 1.29 is 0 Å². The Bertz CT molecular complexity index is 422. The molecule has 0 bridgehead atoms. The molecular formula is C9H9BrN2S2. The molecule has 14 heavy (non-hydrogen) atoms. The van der Waals surface area contributed by atoms with E-state index in [1.165, 1.54) is 9.75 Å². The van der Waals surface area contributed by atoms with Crippen LogP contribution in [0.1, 0.15) is 5.01 Å². The van der Waals surface area contributed by atoms with Gasteiger partial charge in [-0.25, -0.2) is 4.98 Å².